The van der Waals surface area contributed by atoms with Gasteiger partial charge in [-0.2, -0.15) is 0 Å². The fourth-order valence-corrected chi connectivity index (χ4v) is 3.85. The summed E-state index contributed by atoms with van der Waals surface area (Å²) < 4.78 is 0. The van der Waals surface area contributed by atoms with Crippen molar-refractivity contribution in [3.8, 4) is 0 Å². The summed E-state index contributed by atoms with van der Waals surface area (Å²) >= 11 is 1.88. The van der Waals surface area contributed by atoms with Crippen LogP contribution in [0, 0.1) is 11.8 Å². The van der Waals surface area contributed by atoms with Gasteiger partial charge in [0, 0.05) is 24.5 Å². The number of thiazole rings is 1. The van der Waals surface area contributed by atoms with Crippen molar-refractivity contribution in [3.05, 3.63) is 10.6 Å². The van der Waals surface area contributed by atoms with Gasteiger partial charge in [-0.05, 0) is 31.2 Å². The van der Waals surface area contributed by atoms with E-state index in [1.165, 1.54) is 15.7 Å². The standard InChI is InChI=1S/C15H27N3S/c1-6-10(2)14-13(7-16-5)19-15(17-14)18-8-11(3)12(4)9-18/h10-12,16H,6-9H2,1-5H3. The summed E-state index contributed by atoms with van der Waals surface area (Å²) in [5, 5.41) is 4.51. The van der Waals surface area contributed by atoms with E-state index < -0.39 is 0 Å². The van der Waals surface area contributed by atoms with Gasteiger partial charge in [-0.15, -0.1) is 11.3 Å². The van der Waals surface area contributed by atoms with Crippen molar-refractivity contribution in [2.24, 2.45) is 11.8 Å². The Morgan fingerprint density at radius 2 is 2.00 bits per heavy atom. The minimum absolute atomic E-state index is 0.561. The zero-order valence-corrected chi connectivity index (χ0v) is 13.7. The molecule has 19 heavy (non-hydrogen) atoms. The maximum Gasteiger partial charge on any atom is 0.185 e. The molecule has 0 aromatic carbocycles. The minimum atomic E-state index is 0.561. The van der Waals surface area contributed by atoms with Crippen LogP contribution in [-0.4, -0.2) is 25.1 Å². The number of hydrogen-bond donors (Lipinski definition) is 1. The van der Waals surface area contributed by atoms with Crippen molar-refractivity contribution >= 4 is 16.5 Å². The molecule has 2 rings (SSSR count). The van der Waals surface area contributed by atoms with Crippen molar-refractivity contribution in [1.29, 1.82) is 0 Å². The molecular weight excluding hydrogens is 254 g/mol. The molecule has 0 bridgehead atoms. The zero-order valence-electron chi connectivity index (χ0n) is 12.9. The molecule has 0 spiro atoms. The third kappa shape index (κ3) is 3.11. The largest absolute Gasteiger partial charge is 0.348 e. The van der Waals surface area contributed by atoms with E-state index in [-0.39, 0.29) is 0 Å². The molecule has 2 heterocycles. The minimum Gasteiger partial charge on any atom is -0.348 e. The molecule has 108 valence electrons. The van der Waals surface area contributed by atoms with E-state index in [0.29, 0.717) is 5.92 Å². The van der Waals surface area contributed by atoms with Crippen LogP contribution in [0.15, 0.2) is 0 Å². The van der Waals surface area contributed by atoms with Crippen molar-refractivity contribution in [2.75, 3.05) is 25.0 Å². The van der Waals surface area contributed by atoms with E-state index >= 15 is 0 Å². The van der Waals surface area contributed by atoms with Crippen molar-refractivity contribution in [3.63, 3.8) is 0 Å². The molecule has 1 aliphatic rings. The molecule has 1 saturated heterocycles. The second-order valence-electron chi connectivity index (χ2n) is 6.00. The first kappa shape index (κ1) is 14.8. The van der Waals surface area contributed by atoms with Gasteiger partial charge in [0.2, 0.25) is 0 Å². The molecule has 1 aromatic heterocycles. The van der Waals surface area contributed by atoms with Crippen LogP contribution >= 0.6 is 11.3 Å². The van der Waals surface area contributed by atoms with Crippen molar-refractivity contribution < 1.29 is 0 Å². The zero-order chi connectivity index (χ0) is 14.0. The highest BCUT2D eigenvalue weighted by molar-refractivity contribution is 7.15. The van der Waals surface area contributed by atoms with Crippen LogP contribution in [-0.2, 0) is 6.54 Å². The Morgan fingerprint density at radius 3 is 2.53 bits per heavy atom. The second-order valence-corrected chi connectivity index (χ2v) is 7.07. The van der Waals surface area contributed by atoms with Gasteiger partial charge in [-0.3, -0.25) is 0 Å². The first-order valence-corrected chi connectivity index (χ1v) is 8.27. The van der Waals surface area contributed by atoms with Gasteiger partial charge in [0.25, 0.3) is 0 Å². The molecular formula is C15H27N3S. The highest BCUT2D eigenvalue weighted by atomic mass is 32.1. The lowest BCUT2D eigenvalue weighted by Crippen LogP contribution is -2.19. The van der Waals surface area contributed by atoms with E-state index in [1.807, 2.05) is 18.4 Å². The lowest BCUT2D eigenvalue weighted by molar-refractivity contribution is 0.494. The van der Waals surface area contributed by atoms with Crippen molar-refractivity contribution in [2.45, 2.75) is 46.6 Å². The first-order valence-electron chi connectivity index (χ1n) is 7.45. The summed E-state index contributed by atoms with van der Waals surface area (Å²) in [7, 11) is 2.01. The smallest absolute Gasteiger partial charge is 0.185 e. The molecule has 1 N–H and O–H groups in total. The Hall–Kier alpha value is -0.610. The SMILES string of the molecule is CCC(C)c1nc(N2CC(C)C(C)C2)sc1CNC. The molecule has 4 heteroatoms. The van der Waals surface area contributed by atoms with Crippen LogP contribution in [0.2, 0.25) is 0 Å². The van der Waals surface area contributed by atoms with Crippen molar-refractivity contribution in [1.82, 2.24) is 10.3 Å². The molecule has 3 atom stereocenters. The summed E-state index contributed by atoms with van der Waals surface area (Å²) in [6, 6.07) is 0. The summed E-state index contributed by atoms with van der Waals surface area (Å²) in [6.45, 7) is 12.5. The summed E-state index contributed by atoms with van der Waals surface area (Å²) in [6.07, 6.45) is 1.16. The van der Waals surface area contributed by atoms with Gasteiger partial charge in [-0.25, -0.2) is 4.98 Å². The molecule has 0 aliphatic carbocycles. The van der Waals surface area contributed by atoms with E-state index in [9.17, 15) is 0 Å². The molecule has 0 amide bonds. The van der Waals surface area contributed by atoms with Crippen LogP contribution in [0.5, 0.6) is 0 Å². The number of nitrogens with one attached hydrogen (secondary N) is 1. The molecule has 3 nitrogen and oxygen atoms in total. The van der Waals surface area contributed by atoms with Gasteiger partial charge in [0.1, 0.15) is 0 Å². The van der Waals surface area contributed by atoms with Gasteiger partial charge in [-0.1, -0.05) is 27.7 Å². The third-order valence-corrected chi connectivity index (χ3v) is 5.52. The third-order valence-electron chi connectivity index (χ3n) is 4.39. The normalized spacial score (nSPS) is 25.0. The Balaban J connectivity index is 2.22. The van der Waals surface area contributed by atoms with Gasteiger partial charge < -0.3 is 10.2 Å². The summed E-state index contributed by atoms with van der Waals surface area (Å²) in [4.78, 5) is 8.85. The molecule has 1 fully saturated rings. The maximum atomic E-state index is 4.95. The summed E-state index contributed by atoms with van der Waals surface area (Å²) in [5.74, 6) is 2.12. The molecule has 1 aliphatic heterocycles. The number of hydrogen-bond acceptors (Lipinski definition) is 4. The average Bonchev–Trinajstić information content (AvgIpc) is 2.94. The van der Waals surface area contributed by atoms with Gasteiger partial charge in [0.15, 0.2) is 5.13 Å². The van der Waals surface area contributed by atoms with Gasteiger partial charge in [0.05, 0.1) is 5.69 Å². The lowest BCUT2D eigenvalue weighted by atomic mass is 10.0. The van der Waals surface area contributed by atoms with Crippen LogP contribution < -0.4 is 10.2 Å². The number of anilines is 1. The Labute approximate surface area is 121 Å². The predicted octanol–water partition coefficient (Wildman–Crippen LogP) is 3.47. The van der Waals surface area contributed by atoms with Crippen LogP contribution in [0.1, 0.15) is 50.6 Å². The first-order chi connectivity index (χ1) is 9.06. The number of nitrogens with zero attached hydrogens (tertiary/aromatic N) is 2. The predicted molar refractivity (Wildman–Crippen MR) is 84.1 cm³/mol. The van der Waals surface area contributed by atoms with E-state index in [0.717, 1.165) is 37.9 Å². The fraction of sp³-hybridized carbons (Fsp3) is 0.800. The molecule has 0 saturated carbocycles. The topological polar surface area (TPSA) is 28.2 Å². The van der Waals surface area contributed by atoms with Crippen LogP contribution in [0.25, 0.3) is 0 Å². The maximum absolute atomic E-state index is 4.95. The van der Waals surface area contributed by atoms with Gasteiger partial charge >= 0.3 is 0 Å². The summed E-state index contributed by atoms with van der Waals surface area (Å²) in [5.41, 5.74) is 1.31. The second kappa shape index (κ2) is 6.23. The highest BCUT2D eigenvalue weighted by Crippen LogP contribution is 2.35. The quantitative estimate of drug-likeness (QED) is 0.896. The number of rotatable bonds is 5. The monoisotopic (exact) mass is 281 g/mol. The fourth-order valence-electron chi connectivity index (χ4n) is 2.64. The lowest BCUT2D eigenvalue weighted by Gasteiger charge is -2.13. The molecule has 1 aromatic rings. The van der Waals surface area contributed by atoms with Crippen LogP contribution in [0.3, 0.4) is 0 Å². The van der Waals surface area contributed by atoms with Crippen LogP contribution in [0.4, 0.5) is 5.13 Å². The Bertz CT molecular complexity index is 406. The Morgan fingerprint density at radius 1 is 1.37 bits per heavy atom. The molecule has 3 unspecified atom stereocenters. The average molecular weight is 281 g/mol. The van der Waals surface area contributed by atoms with E-state index in [2.05, 4.69) is 37.9 Å². The van der Waals surface area contributed by atoms with E-state index in [4.69, 9.17) is 4.98 Å². The molecule has 0 radical (unpaired) electrons. The number of aromatic nitrogens is 1. The Kier molecular flexibility index (Phi) is 4.85. The highest BCUT2D eigenvalue weighted by Gasteiger charge is 2.29. The van der Waals surface area contributed by atoms with E-state index in [1.54, 1.807) is 0 Å².